The number of hydrogen-bond acceptors (Lipinski definition) is 3. The molecule has 1 amide bonds. The minimum Gasteiger partial charge on any atom is -0.369 e. The van der Waals surface area contributed by atoms with Crippen molar-refractivity contribution in [3.63, 3.8) is 0 Å². The number of carbonyl (C=O) groups is 1. The third-order valence-electron chi connectivity index (χ3n) is 5.57. The number of hydrogen-bond donors (Lipinski definition) is 1. The van der Waals surface area contributed by atoms with Crippen LogP contribution in [-0.2, 0) is 11.2 Å². The fourth-order valence-electron chi connectivity index (χ4n) is 4.15. The number of anilines is 1. The molecule has 2 aliphatic rings. The standard InChI is InChI=1S/C22H27N3O/c26-22(23-21-12-6-8-18-7-4-5-11-20(18)21)17-24-13-15-25(16-14-24)19-9-2-1-3-10-19/h1-5,7,9-11,21H,6,8,12-17H2,(H,23,26). The van der Waals surface area contributed by atoms with E-state index in [1.165, 1.54) is 16.8 Å². The Balaban J connectivity index is 1.29. The van der Waals surface area contributed by atoms with E-state index in [-0.39, 0.29) is 11.9 Å². The van der Waals surface area contributed by atoms with Crippen LogP contribution in [0.15, 0.2) is 54.6 Å². The first kappa shape index (κ1) is 17.1. The van der Waals surface area contributed by atoms with Crippen LogP contribution in [0.5, 0.6) is 0 Å². The summed E-state index contributed by atoms with van der Waals surface area (Å²) >= 11 is 0. The van der Waals surface area contributed by atoms with Gasteiger partial charge in [-0.05, 0) is 42.5 Å². The van der Waals surface area contributed by atoms with Gasteiger partial charge in [-0.15, -0.1) is 0 Å². The molecular weight excluding hydrogens is 322 g/mol. The Morgan fingerprint density at radius 3 is 2.50 bits per heavy atom. The van der Waals surface area contributed by atoms with Crippen LogP contribution in [0.3, 0.4) is 0 Å². The van der Waals surface area contributed by atoms with Crippen LogP contribution < -0.4 is 10.2 Å². The molecule has 1 atom stereocenters. The summed E-state index contributed by atoms with van der Waals surface area (Å²) in [5, 5.41) is 3.27. The monoisotopic (exact) mass is 349 g/mol. The van der Waals surface area contributed by atoms with E-state index in [0.29, 0.717) is 6.54 Å². The molecule has 0 bridgehead atoms. The van der Waals surface area contributed by atoms with Gasteiger partial charge in [0.25, 0.3) is 0 Å². The van der Waals surface area contributed by atoms with Crippen molar-refractivity contribution in [3.8, 4) is 0 Å². The number of amides is 1. The Morgan fingerprint density at radius 1 is 0.962 bits per heavy atom. The first-order valence-corrected chi connectivity index (χ1v) is 9.69. The molecule has 1 aliphatic heterocycles. The van der Waals surface area contributed by atoms with E-state index in [1.807, 2.05) is 6.07 Å². The molecule has 1 saturated heterocycles. The highest BCUT2D eigenvalue weighted by Crippen LogP contribution is 2.29. The van der Waals surface area contributed by atoms with Crippen molar-refractivity contribution < 1.29 is 4.79 Å². The molecule has 2 aromatic rings. The highest BCUT2D eigenvalue weighted by molar-refractivity contribution is 5.78. The molecule has 0 radical (unpaired) electrons. The molecule has 1 unspecified atom stereocenters. The molecule has 26 heavy (non-hydrogen) atoms. The van der Waals surface area contributed by atoms with Gasteiger partial charge in [-0.25, -0.2) is 0 Å². The van der Waals surface area contributed by atoms with E-state index in [2.05, 4.69) is 63.6 Å². The quantitative estimate of drug-likeness (QED) is 0.922. The summed E-state index contributed by atoms with van der Waals surface area (Å²) < 4.78 is 0. The predicted octanol–water partition coefficient (Wildman–Crippen LogP) is 3.00. The Labute approximate surface area is 155 Å². The number of nitrogens with zero attached hydrogens (tertiary/aromatic N) is 2. The van der Waals surface area contributed by atoms with Gasteiger partial charge in [-0.2, -0.15) is 0 Å². The van der Waals surface area contributed by atoms with E-state index in [0.717, 1.165) is 45.4 Å². The van der Waals surface area contributed by atoms with E-state index in [4.69, 9.17) is 0 Å². The van der Waals surface area contributed by atoms with Gasteiger partial charge in [0.15, 0.2) is 0 Å². The predicted molar refractivity (Wildman–Crippen MR) is 105 cm³/mol. The fraction of sp³-hybridized carbons (Fsp3) is 0.409. The number of para-hydroxylation sites is 1. The van der Waals surface area contributed by atoms with Crippen molar-refractivity contribution in [2.45, 2.75) is 25.3 Å². The highest BCUT2D eigenvalue weighted by Gasteiger charge is 2.23. The topological polar surface area (TPSA) is 35.6 Å². The van der Waals surface area contributed by atoms with E-state index in [9.17, 15) is 4.79 Å². The first-order valence-electron chi connectivity index (χ1n) is 9.69. The van der Waals surface area contributed by atoms with Gasteiger partial charge in [0.2, 0.25) is 5.91 Å². The van der Waals surface area contributed by atoms with Crippen molar-refractivity contribution in [1.82, 2.24) is 10.2 Å². The number of rotatable bonds is 4. The molecule has 2 aromatic carbocycles. The summed E-state index contributed by atoms with van der Waals surface area (Å²) in [5.74, 6) is 0.153. The second kappa shape index (κ2) is 7.92. The highest BCUT2D eigenvalue weighted by atomic mass is 16.2. The Kier molecular flexibility index (Phi) is 5.21. The minimum atomic E-state index is 0.153. The SMILES string of the molecule is O=C(CN1CCN(c2ccccc2)CC1)NC1CCCc2ccccc21. The summed E-state index contributed by atoms with van der Waals surface area (Å²) in [5.41, 5.74) is 3.97. The van der Waals surface area contributed by atoms with E-state index < -0.39 is 0 Å². The third kappa shape index (κ3) is 3.91. The first-order chi connectivity index (χ1) is 12.8. The Hall–Kier alpha value is -2.33. The molecule has 1 heterocycles. The van der Waals surface area contributed by atoms with Crippen molar-refractivity contribution in [1.29, 1.82) is 0 Å². The third-order valence-corrected chi connectivity index (χ3v) is 5.57. The largest absolute Gasteiger partial charge is 0.369 e. The number of piperazine rings is 1. The van der Waals surface area contributed by atoms with Gasteiger partial charge < -0.3 is 10.2 Å². The number of nitrogens with one attached hydrogen (secondary N) is 1. The van der Waals surface area contributed by atoms with Crippen LogP contribution >= 0.6 is 0 Å². The molecule has 1 aliphatic carbocycles. The van der Waals surface area contributed by atoms with Crippen LogP contribution in [0.2, 0.25) is 0 Å². The average Bonchev–Trinajstić information content (AvgIpc) is 2.69. The van der Waals surface area contributed by atoms with Gasteiger partial charge >= 0.3 is 0 Å². The van der Waals surface area contributed by atoms with Crippen LogP contribution in [0.1, 0.15) is 30.0 Å². The van der Waals surface area contributed by atoms with Gasteiger partial charge in [0.05, 0.1) is 12.6 Å². The van der Waals surface area contributed by atoms with Gasteiger partial charge in [0, 0.05) is 31.9 Å². The summed E-state index contributed by atoms with van der Waals surface area (Å²) in [6.45, 7) is 4.32. The lowest BCUT2D eigenvalue weighted by Gasteiger charge is -2.36. The molecule has 1 N–H and O–H groups in total. The van der Waals surface area contributed by atoms with E-state index >= 15 is 0 Å². The smallest absolute Gasteiger partial charge is 0.234 e. The van der Waals surface area contributed by atoms with Crippen LogP contribution in [-0.4, -0.2) is 43.5 Å². The summed E-state index contributed by atoms with van der Waals surface area (Å²) in [7, 11) is 0. The normalized spacial score (nSPS) is 20.5. The number of fused-ring (bicyclic) bond motifs is 1. The van der Waals surface area contributed by atoms with Gasteiger partial charge in [-0.3, -0.25) is 9.69 Å². The Bertz CT molecular complexity index is 738. The maximum atomic E-state index is 12.6. The zero-order valence-electron chi connectivity index (χ0n) is 15.2. The number of benzene rings is 2. The lowest BCUT2D eigenvalue weighted by Crippen LogP contribution is -2.50. The zero-order valence-corrected chi connectivity index (χ0v) is 15.2. The van der Waals surface area contributed by atoms with Crippen LogP contribution in [0, 0.1) is 0 Å². The maximum absolute atomic E-state index is 12.6. The summed E-state index contributed by atoms with van der Waals surface area (Å²) in [4.78, 5) is 17.2. The molecule has 0 spiro atoms. The summed E-state index contributed by atoms with van der Waals surface area (Å²) in [6.07, 6.45) is 3.33. The molecule has 136 valence electrons. The van der Waals surface area contributed by atoms with Crippen LogP contribution in [0.4, 0.5) is 5.69 Å². The van der Waals surface area contributed by atoms with Crippen molar-refractivity contribution in [2.75, 3.05) is 37.6 Å². The summed E-state index contributed by atoms with van der Waals surface area (Å²) in [6, 6.07) is 19.2. The van der Waals surface area contributed by atoms with Crippen molar-refractivity contribution in [2.24, 2.45) is 0 Å². The molecule has 4 heteroatoms. The van der Waals surface area contributed by atoms with Gasteiger partial charge in [0.1, 0.15) is 0 Å². The lowest BCUT2D eigenvalue weighted by atomic mass is 9.88. The zero-order chi connectivity index (χ0) is 17.8. The molecule has 4 rings (SSSR count). The molecule has 0 saturated carbocycles. The molecule has 4 nitrogen and oxygen atoms in total. The Morgan fingerprint density at radius 2 is 1.69 bits per heavy atom. The average molecular weight is 349 g/mol. The van der Waals surface area contributed by atoms with Crippen molar-refractivity contribution in [3.05, 3.63) is 65.7 Å². The molecule has 1 fully saturated rings. The van der Waals surface area contributed by atoms with E-state index in [1.54, 1.807) is 0 Å². The van der Waals surface area contributed by atoms with Gasteiger partial charge in [-0.1, -0.05) is 42.5 Å². The maximum Gasteiger partial charge on any atom is 0.234 e. The fourth-order valence-corrected chi connectivity index (χ4v) is 4.15. The minimum absolute atomic E-state index is 0.153. The van der Waals surface area contributed by atoms with Crippen molar-refractivity contribution >= 4 is 11.6 Å². The lowest BCUT2D eigenvalue weighted by molar-refractivity contribution is -0.123. The molecular formula is C22H27N3O. The number of carbonyl (C=O) groups excluding carboxylic acids is 1. The second-order valence-corrected chi connectivity index (χ2v) is 7.31. The number of aryl methyl sites for hydroxylation is 1. The molecule has 0 aromatic heterocycles. The van der Waals surface area contributed by atoms with Crippen LogP contribution in [0.25, 0.3) is 0 Å². The second-order valence-electron chi connectivity index (χ2n) is 7.31.